The summed E-state index contributed by atoms with van der Waals surface area (Å²) >= 11 is 0. The van der Waals surface area contributed by atoms with E-state index in [9.17, 15) is 14.3 Å². The molecule has 1 amide bonds. The first-order valence-corrected chi connectivity index (χ1v) is 6.27. The number of hydrogen-bond donors (Lipinski definition) is 2. The van der Waals surface area contributed by atoms with E-state index >= 15 is 0 Å². The molecule has 1 aromatic carbocycles. The quantitative estimate of drug-likeness (QED) is 0.854. The number of nitrogens with zero attached hydrogens (tertiary/aromatic N) is 1. The second kappa shape index (κ2) is 6.52. The summed E-state index contributed by atoms with van der Waals surface area (Å²) in [4.78, 5) is 13.3. The molecule has 4 nitrogen and oxygen atoms in total. The van der Waals surface area contributed by atoms with Gasteiger partial charge < -0.3 is 15.3 Å². The summed E-state index contributed by atoms with van der Waals surface area (Å²) in [5, 5.41) is 12.3. The minimum absolute atomic E-state index is 0.0677. The maximum Gasteiger partial charge on any atom is 0.224 e. The lowest BCUT2D eigenvalue weighted by molar-refractivity contribution is -0.123. The summed E-state index contributed by atoms with van der Waals surface area (Å²) in [6.07, 6.45) is -0.894. The number of amides is 1. The maximum atomic E-state index is 13.8. The molecule has 1 aromatic rings. The van der Waals surface area contributed by atoms with E-state index in [1.54, 1.807) is 38.1 Å². The van der Waals surface area contributed by atoms with Crippen molar-refractivity contribution >= 4 is 11.6 Å². The lowest BCUT2D eigenvalue weighted by atomic mass is 10.0. The SMILES string of the molecule is CNC(=O)C(C)CN(C)c1cccc(F)c1[C@@H](C)O. The Morgan fingerprint density at radius 3 is 2.63 bits per heavy atom. The first-order chi connectivity index (χ1) is 8.88. The van der Waals surface area contributed by atoms with E-state index in [-0.39, 0.29) is 17.4 Å². The molecule has 5 heteroatoms. The third-order valence-corrected chi connectivity index (χ3v) is 3.10. The van der Waals surface area contributed by atoms with E-state index in [1.165, 1.54) is 13.0 Å². The summed E-state index contributed by atoms with van der Waals surface area (Å²) in [5.74, 6) is -0.728. The molecule has 0 fully saturated rings. The van der Waals surface area contributed by atoms with E-state index in [2.05, 4.69) is 5.32 Å². The van der Waals surface area contributed by atoms with E-state index < -0.39 is 11.9 Å². The number of carbonyl (C=O) groups excluding carboxylic acids is 1. The molecule has 106 valence electrons. The van der Waals surface area contributed by atoms with E-state index in [0.29, 0.717) is 12.2 Å². The largest absolute Gasteiger partial charge is 0.389 e. The zero-order chi connectivity index (χ0) is 14.6. The van der Waals surface area contributed by atoms with Crippen molar-refractivity contribution in [1.82, 2.24) is 5.32 Å². The average molecular weight is 268 g/mol. The molecular formula is C14H21FN2O2. The van der Waals surface area contributed by atoms with Crippen LogP contribution in [0.5, 0.6) is 0 Å². The highest BCUT2D eigenvalue weighted by molar-refractivity contribution is 5.78. The molecule has 2 atom stereocenters. The van der Waals surface area contributed by atoms with E-state index in [4.69, 9.17) is 0 Å². The summed E-state index contributed by atoms with van der Waals surface area (Å²) in [6, 6.07) is 4.65. The molecule has 0 aliphatic rings. The van der Waals surface area contributed by atoms with Gasteiger partial charge in [-0.1, -0.05) is 13.0 Å². The minimum atomic E-state index is -0.894. The van der Waals surface area contributed by atoms with Crippen molar-refractivity contribution in [2.45, 2.75) is 20.0 Å². The Labute approximate surface area is 113 Å². The first-order valence-electron chi connectivity index (χ1n) is 6.27. The summed E-state index contributed by atoms with van der Waals surface area (Å²) < 4.78 is 13.8. The lowest BCUT2D eigenvalue weighted by Gasteiger charge is -2.26. The van der Waals surface area contributed by atoms with Crippen LogP contribution >= 0.6 is 0 Å². The standard InChI is InChI=1S/C14H21FN2O2/c1-9(14(19)16-3)8-17(4)12-7-5-6-11(15)13(12)10(2)18/h5-7,9-10,18H,8H2,1-4H3,(H,16,19)/t9?,10-/m1/s1. The average Bonchev–Trinajstić information content (AvgIpc) is 2.36. The molecule has 0 heterocycles. The fourth-order valence-corrected chi connectivity index (χ4v) is 2.11. The number of carbonyl (C=O) groups is 1. The van der Waals surface area contributed by atoms with Crippen LogP contribution in [0.2, 0.25) is 0 Å². The molecule has 2 N–H and O–H groups in total. The molecule has 0 saturated heterocycles. The van der Waals surface area contributed by atoms with Crippen LogP contribution in [-0.2, 0) is 4.79 Å². The normalized spacial score (nSPS) is 13.8. The predicted octanol–water partition coefficient (Wildman–Crippen LogP) is 1.70. The van der Waals surface area contributed by atoms with Crippen LogP contribution in [0.15, 0.2) is 18.2 Å². The number of nitrogens with one attached hydrogen (secondary N) is 1. The number of aliphatic hydroxyl groups excluding tert-OH is 1. The van der Waals surface area contributed by atoms with Gasteiger partial charge in [0.1, 0.15) is 5.82 Å². The zero-order valence-corrected chi connectivity index (χ0v) is 11.8. The number of aliphatic hydroxyl groups is 1. The minimum Gasteiger partial charge on any atom is -0.389 e. The van der Waals surface area contributed by atoms with E-state index in [1.807, 2.05) is 0 Å². The van der Waals surface area contributed by atoms with Crippen molar-refractivity contribution in [3.8, 4) is 0 Å². The van der Waals surface area contributed by atoms with Crippen LogP contribution in [-0.4, -0.2) is 31.7 Å². The Balaban J connectivity index is 2.97. The van der Waals surface area contributed by atoms with Gasteiger partial charge in [0.05, 0.1) is 12.0 Å². The Morgan fingerprint density at radius 1 is 1.47 bits per heavy atom. The van der Waals surface area contributed by atoms with Crippen molar-refractivity contribution < 1.29 is 14.3 Å². The molecule has 1 rings (SSSR count). The Kier molecular flexibility index (Phi) is 5.30. The molecule has 0 spiro atoms. The fraction of sp³-hybridized carbons (Fsp3) is 0.500. The fourth-order valence-electron chi connectivity index (χ4n) is 2.11. The van der Waals surface area contributed by atoms with Gasteiger partial charge in [-0.2, -0.15) is 0 Å². The van der Waals surface area contributed by atoms with Crippen LogP contribution in [0.3, 0.4) is 0 Å². The van der Waals surface area contributed by atoms with Gasteiger partial charge in [0.25, 0.3) is 0 Å². The first kappa shape index (κ1) is 15.4. The Morgan fingerprint density at radius 2 is 2.11 bits per heavy atom. The molecule has 0 aliphatic carbocycles. The van der Waals surface area contributed by atoms with Crippen LogP contribution in [0, 0.1) is 11.7 Å². The van der Waals surface area contributed by atoms with Crippen molar-refractivity contribution in [3.63, 3.8) is 0 Å². The molecule has 0 aromatic heterocycles. The third-order valence-electron chi connectivity index (χ3n) is 3.10. The van der Waals surface area contributed by atoms with Gasteiger partial charge in [-0.15, -0.1) is 0 Å². The van der Waals surface area contributed by atoms with Gasteiger partial charge >= 0.3 is 0 Å². The van der Waals surface area contributed by atoms with E-state index in [0.717, 1.165) is 0 Å². The number of hydrogen-bond acceptors (Lipinski definition) is 3. The number of rotatable bonds is 5. The Hall–Kier alpha value is -1.62. The van der Waals surface area contributed by atoms with Crippen LogP contribution < -0.4 is 10.2 Å². The molecule has 1 unspecified atom stereocenters. The number of benzene rings is 1. The van der Waals surface area contributed by atoms with Crippen molar-refractivity contribution in [1.29, 1.82) is 0 Å². The van der Waals surface area contributed by atoms with Gasteiger partial charge in [-0.05, 0) is 19.1 Å². The van der Waals surface area contributed by atoms with Gasteiger partial charge in [0.2, 0.25) is 5.91 Å². The van der Waals surface area contributed by atoms with Gasteiger partial charge in [-0.25, -0.2) is 4.39 Å². The summed E-state index contributed by atoms with van der Waals surface area (Å²) in [7, 11) is 3.36. The molecule has 0 bridgehead atoms. The van der Waals surface area contributed by atoms with Gasteiger partial charge in [0, 0.05) is 31.9 Å². The Bertz CT molecular complexity index is 449. The van der Waals surface area contributed by atoms with Crippen LogP contribution in [0.1, 0.15) is 25.5 Å². The molecular weight excluding hydrogens is 247 g/mol. The monoisotopic (exact) mass is 268 g/mol. The lowest BCUT2D eigenvalue weighted by Crippen LogP contribution is -2.34. The van der Waals surface area contributed by atoms with Gasteiger partial charge in [0.15, 0.2) is 0 Å². The van der Waals surface area contributed by atoms with Crippen LogP contribution in [0.4, 0.5) is 10.1 Å². The predicted molar refractivity (Wildman–Crippen MR) is 73.5 cm³/mol. The third kappa shape index (κ3) is 3.67. The highest BCUT2D eigenvalue weighted by Crippen LogP contribution is 2.28. The highest BCUT2D eigenvalue weighted by Gasteiger charge is 2.19. The smallest absolute Gasteiger partial charge is 0.224 e. The maximum absolute atomic E-state index is 13.8. The number of halogens is 1. The summed E-state index contributed by atoms with van der Waals surface area (Å²) in [6.45, 7) is 3.78. The van der Waals surface area contributed by atoms with Crippen molar-refractivity contribution in [2.75, 3.05) is 25.5 Å². The molecule has 0 saturated carbocycles. The molecule has 0 radical (unpaired) electrons. The molecule has 0 aliphatic heterocycles. The zero-order valence-electron chi connectivity index (χ0n) is 11.8. The topological polar surface area (TPSA) is 52.6 Å². The second-order valence-electron chi connectivity index (χ2n) is 4.74. The van der Waals surface area contributed by atoms with Crippen molar-refractivity contribution in [2.24, 2.45) is 5.92 Å². The summed E-state index contributed by atoms with van der Waals surface area (Å²) in [5.41, 5.74) is 0.861. The second-order valence-corrected chi connectivity index (χ2v) is 4.74. The highest BCUT2D eigenvalue weighted by atomic mass is 19.1. The van der Waals surface area contributed by atoms with Gasteiger partial charge in [-0.3, -0.25) is 4.79 Å². The van der Waals surface area contributed by atoms with Crippen molar-refractivity contribution in [3.05, 3.63) is 29.6 Å². The van der Waals surface area contributed by atoms with Crippen LogP contribution in [0.25, 0.3) is 0 Å². The number of anilines is 1. The molecule has 19 heavy (non-hydrogen) atoms.